The molecule has 0 aliphatic rings. The van der Waals surface area contributed by atoms with Crippen LogP contribution in [-0.4, -0.2) is 34.7 Å². The van der Waals surface area contributed by atoms with E-state index < -0.39 is 12.0 Å². The lowest BCUT2D eigenvalue weighted by Gasteiger charge is -2.06. The molecule has 6 heteroatoms. The molecule has 0 spiro atoms. The molecule has 0 fully saturated rings. The zero-order valence-electron chi connectivity index (χ0n) is 7.95. The van der Waals surface area contributed by atoms with E-state index in [1.165, 1.54) is 11.8 Å². The number of carboxylic acid groups (broad SMARTS) is 1. The van der Waals surface area contributed by atoms with Crippen molar-refractivity contribution in [2.75, 3.05) is 11.6 Å². The van der Waals surface area contributed by atoms with E-state index in [9.17, 15) is 9.59 Å². The van der Waals surface area contributed by atoms with Crippen LogP contribution in [0.15, 0.2) is 12.2 Å². The topological polar surface area (TPSA) is 92.4 Å². The third-order valence-corrected chi connectivity index (χ3v) is 2.28. The Morgan fingerprint density at radius 3 is 2.64 bits per heavy atom. The van der Waals surface area contributed by atoms with Crippen LogP contribution in [0.1, 0.15) is 6.92 Å². The molecule has 80 valence electrons. The molecular weight excluding hydrogens is 204 g/mol. The number of amides is 1. The van der Waals surface area contributed by atoms with Crippen molar-refractivity contribution >= 4 is 23.6 Å². The SMILES string of the molecule is C=C(C)C(=O)NCSC[C@H](N)C(=O)O. The molecule has 1 atom stereocenters. The van der Waals surface area contributed by atoms with Gasteiger partial charge in [-0.25, -0.2) is 0 Å². The Morgan fingerprint density at radius 2 is 2.21 bits per heavy atom. The molecule has 0 bridgehead atoms. The highest BCUT2D eigenvalue weighted by Crippen LogP contribution is 2.00. The quantitative estimate of drug-likeness (QED) is 0.326. The Bertz CT molecular complexity index is 243. The Morgan fingerprint density at radius 1 is 1.64 bits per heavy atom. The van der Waals surface area contributed by atoms with Crippen molar-refractivity contribution in [3.63, 3.8) is 0 Å². The molecule has 1 amide bonds. The van der Waals surface area contributed by atoms with E-state index in [1.807, 2.05) is 0 Å². The van der Waals surface area contributed by atoms with Gasteiger partial charge in [0, 0.05) is 11.3 Å². The fourth-order valence-corrected chi connectivity index (χ4v) is 1.27. The van der Waals surface area contributed by atoms with Gasteiger partial charge in [-0.2, -0.15) is 0 Å². The highest BCUT2D eigenvalue weighted by atomic mass is 32.2. The van der Waals surface area contributed by atoms with Crippen molar-refractivity contribution in [3.05, 3.63) is 12.2 Å². The normalized spacial score (nSPS) is 11.9. The van der Waals surface area contributed by atoms with Crippen molar-refractivity contribution in [1.82, 2.24) is 5.32 Å². The number of nitrogens with two attached hydrogens (primary N) is 1. The monoisotopic (exact) mass is 218 g/mol. The van der Waals surface area contributed by atoms with Gasteiger partial charge in [0.05, 0.1) is 5.88 Å². The van der Waals surface area contributed by atoms with Crippen LogP contribution in [0.2, 0.25) is 0 Å². The molecule has 0 saturated carbocycles. The maximum absolute atomic E-state index is 10.9. The van der Waals surface area contributed by atoms with Crippen LogP contribution < -0.4 is 11.1 Å². The standard InChI is InChI=1S/C8H14N2O3S/c1-5(2)7(11)10-4-14-3-6(9)8(12)13/h6H,1,3-4,9H2,2H3,(H,10,11)(H,12,13)/t6-/m0/s1. The number of carboxylic acids is 1. The second-order valence-corrected chi connectivity index (χ2v) is 3.78. The smallest absolute Gasteiger partial charge is 0.321 e. The van der Waals surface area contributed by atoms with Crippen LogP contribution >= 0.6 is 11.8 Å². The summed E-state index contributed by atoms with van der Waals surface area (Å²) >= 11 is 1.26. The maximum atomic E-state index is 10.9. The van der Waals surface area contributed by atoms with Gasteiger partial charge in [-0.1, -0.05) is 6.58 Å². The van der Waals surface area contributed by atoms with Gasteiger partial charge < -0.3 is 16.2 Å². The fraction of sp³-hybridized carbons (Fsp3) is 0.500. The van der Waals surface area contributed by atoms with Crippen LogP contribution in [0.5, 0.6) is 0 Å². The summed E-state index contributed by atoms with van der Waals surface area (Å²) in [5.41, 5.74) is 5.67. The number of carbonyl (C=O) groups excluding carboxylic acids is 1. The lowest BCUT2D eigenvalue weighted by molar-refractivity contribution is -0.137. The van der Waals surface area contributed by atoms with E-state index in [-0.39, 0.29) is 11.7 Å². The van der Waals surface area contributed by atoms with Crippen molar-refractivity contribution in [1.29, 1.82) is 0 Å². The predicted octanol–water partition coefficient (Wildman–Crippen LogP) is -0.219. The summed E-state index contributed by atoms with van der Waals surface area (Å²) in [6.45, 7) is 5.06. The molecule has 0 aromatic rings. The van der Waals surface area contributed by atoms with E-state index in [4.69, 9.17) is 10.8 Å². The van der Waals surface area contributed by atoms with Crippen LogP contribution in [0.25, 0.3) is 0 Å². The van der Waals surface area contributed by atoms with Crippen molar-refractivity contribution < 1.29 is 14.7 Å². The van der Waals surface area contributed by atoms with Crippen LogP contribution in [0.3, 0.4) is 0 Å². The van der Waals surface area contributed by atoms with Gasteiger partial charge >= 0.3 is 5.97 Å². The third-order valence-electron chi connectivity index (χ3n) is 1.34. The van der Waals surface area contributed by atoms with E-state index in [0.717, 1.165) is 0 Å². The number of rotatable bonds is 6. The zero-order chi connectivity index (χ0) is 11.1. The summed E-state index contributed by atoms with van der Waals surface area (Å²) in [4.78, 5) is 21.2. The molecule has 14 heavy (non-hydrogen) atoms. The first-order valence-electron chi connectivity index (χ1n) is 3.95. The number of hydrogen-bond acceptors (Lipinski definition) is 4. The summed E-state index contributed by atoms with van der Waals surface area (Å²) in [5.74, 6) is -0.663. The summed E-state index contributed by atoms with van der Waals surface area (Å²) < 4.78 is 0. The van der Waals surface area contributed by atoms with Gasteiger partial charge in [0.2, 0.25) is 5.91 Å². The first-order valence-corrected chi connectivity index (χ1v) is 5.10. The number of aliphatic carboxylic acids is 1. The second kappa shape index (κ2) is 6.44. The van der Waals surface area contributed by atoms with Crippen molar-refractivity contribution in [3.8, 4) is 0 Å². The molecule has 4 N–H and O–H groups in total. The Balaban J connectivity index is 3.52. The molecule has 0 saturated heterocycles. The van der Waals surface area contributed by atoms with Crippen molar-refractivity contribution in [2.45, 2.75) is 13.0 Å². The molecule has 0 heterocycles. The minimum absolute atomic E-state index is 0.235. The van der Waals surface area contributed by atoms with Crippen molar-refractivity contribution in [2.24, 2.45) is 5.73 Å². The van der Waals surface area contributed by atoms with E-state index in [0.29, 0.717) is 11.4 Å². The lowest BCUT2D eigenvalue weighted by Crippen LogP contribution is -2.33. The molecule has 0 unspecified atom stereocenters. The number of nitrogens with one attached hydrogen (secondary N) is 1. The molecule has 0 radical (unpaired) electrons. The van der Waals surface area contributed by atoms with Gasteiger partial charge in [0.15, 0.2) is 0 Å². The molecule has 0 aliphatic carbocycles. The number of hydrogen-bond donors (Lipinski definition) is 3. The average Bonchev–Trinajstić information content (AvgIpc) is 2.11. The first kappa shape index (κ1) is 13.0. The van der Waals surface area contributed by atoms with E-state index in [1.54, 1.807) is 6.92 Å². The number of carbonyl (C=O) groups is 2. The Labute approximate surface area is 86.7 Å². The average molecular weight is 218 g/mol. The summed E-state index contributed by atoms with van der Waals surface area (Å²) in [5, 5.41) is 11.0. The molecule has 0 aromatic heterocycles. The van der Waals surface area contributed by atoms with Crippen LogP contribution in [0.4, 0.5) is 0 Å². The fourth-order valence-electron chi connectivity index (χ4n) is 0.525. The third kappa shape index (κ3) is 5.60. The summed E-state index contributed by atoms with van der Waals surface area (Å²) in [6, 6.07) is -0.887. The van der Waals surface area contributed by atoms with Gasteiger partial charge in [-0.05, 0) is 6.92 Å². The van der Waals surface area contributed by atoms with E-state index >= 15 is 0 Å². The van der Waals surface area contributed by atoms with Gasteiger partial charge in [-0.15, -0.1) is 11.8 Å². The highest BCUT2D eigenvalue weighted by molar-refractivity contribution is 7.99. The molecule has 5 nitrogen and oxygen atoms in total. The lowest BCUT2D eigenvalue weighted by atomic mass is 10.3. The zero-order valence-corrected chi connectivity index (χ0v) is 8.76. The molecule has 0 aromatic carbocycles. The van der Waals surface area contributed by atoms with E-state index in [2.05, 4.69) is 11.9 Å². The minimum atomic E-state index is -1.04. The molecule has 0 aliphatic heterocycles. The maximum Gasteiger partial charge on any atom is 0.321 e. The minimum Gasteiger partial charge on any atom is -0.480 e. The first-order chi connectivity index (χ1) is 6.45. The predicted molar refractivity (Wildman–Crippen MR) is 55.9 cm³/mol. The highest BCUT2D eigenvalue weighted by Gasteiger charge is 2.10. The second-order valence-electron chi connectivity index (χ2n) is 2.75. The van der Waals surface area contributed by atoms with Crippen LogP contribution in [0, 0.1) is 0 Å². The Hall–Kier alpha value is -1.01. The Kier molecular flexibility index (Phi) is 5.98. The number of thioether (sulfide) groups is 1. The van der Waals surface area contributed by atoms with Gasteiger partial charge in [0.25, 0.3) is 0 Å². The molecular formula is C8H14N2O3S. The summed E-state index contributed by atoms with van der Waals surface area (Å²) in [7, 11) is 0. The van der Waals surface area contributed by atoms with Gasteiger partial charge in [-0.3, -0.25) is 9.59 Å². The summed E-state index contributed by atoms with van der Waals surface area (Å²) in [6.07, 6.45) is 0. The van der Waals surface area contributed by atoms with Crippen LogP contribution in [-0.2, 0) is 9.59 Å². The largest absolute Gasteiger partial charge is 0.480 e. The van der Waals surface area contributed by atoms with Gasteiger partial charge in [0.1, 0.15) is 6.04 Å². The molecule has 0 rings (SSSR count).